The number of methoxy groups -OCH3 is 1. The van der Waals surface area contributed by atoms with E-state index in [4.69, 9.17) is 16.2 Å². The SMILES string of the molecule is COc1ccc(C2(CN=C(N)N)CCCCC2)cc1.I. The Balaban J connectivity index is 0.00000200. The van der Waals surface area contributed by atoms with Gasteiger partial charge in [0.2, 0.25) is 0 Å². The zero-order valence-electron chi connectivity index (χ0n) is 12.0. The van der Waals surface area contributed by atoms with Crippen molar-refractivity contribution in [3.05, 3.63) is 29.8 Å². The fourth-order valence-corrected chi connectivity index (χ4v) is 2.95. The lowest BCUT2D eigenvalue weighted by atomic mass is 9.69. The molecular formula is C15H24IN3O. The molecule has 0 aliphatic heterocycles. The highest BCUT2D eigenvalue weighted by molar-refractivity contribution is 14.0. The standard InChI is InChI=1S/C15H23N3O.HI/c1-19-13-7-5-12(6-8-13)15(11-18-14(16)17)9-3-2-4-10-15;/h5-8H,2-4,9-11H2,1H3,(H4,16,17,18);1H. The van der Waals surface area contributed by atoms with Crippen molar-refractivity contribution in [1.82, 2.24) is 0 Å². The molecule has 1 aromatic rings. The van der Waals surface area contributed by atoms with Crippen LogP contribution < -0.4 is 16.2 Å². The van der Waals surface area contributed by atoms with Crippen LogP contribution in [-0.4, -0.2) is 19.6 Å². The third kappa shape index (κ3) is 4.01. The van der Waals surface area contributed by atoms with Crippen molar-refractivity contribution in [2.75, 3.05) is 13.7 Å². The lowest BCUT2D eigenvalue weighted by Gasteiger charge is -2.36. The van der Waals surface area contributed by atoms with Crippen LogP contribution in [0.3, 0.4) is 0 Å². The molecule has 1 saturated carbocycles. The van der Waals surface area contributed by atoms with Crippen LogP contribution in [0.4, 0.5) is 0 Å². The number of guanidine groups is 1. The van der Waals surface area contributed by atoms with Crippen molar-refractivity contribution in [3.63, 3.8) is 0 Å². The summed E-state index contributed by atoms with van der Waals surface area (Å²) in [4.78, 5) is 4.28. The first-order valence-electron chi connectivity index (χ1n) is 6.86. The van der Waals surface area contributed by atoms with Gasteiger partial charge in [0.25, 0.3) is 0 Å². The first-order valence-corrected chi connectivity index (χ1v) is 6.86. The van der Waals surface area contributed by atoms with Gasteiger partial charge in [-0.3, -0.25) is 4.99 Å². The summed E-state index contributed by atoms with van der Waals surface area (Å²) >= 11 is 0. The summed E-state index contributed by atoms with van der Waals surface area (Å²) in [6.45, 7) is 0.682. The van der Waals surface area contributed by atoms with Crippen molar-refractivity contribution in [3.8, 4) is 5.75 Å². The molecule has 20 heavy (non-hydrogen) atoms. The molecule has 0 amide bonds. The number of aliphatic imine (C=N–C) groups is 1. The molecule has 0 aromatic heterocycles. The van der Waals surface area contributed by atoms with E-state index in [0.29, 0.717) is 6.54 Å². The van der Waals surface area contributed by atoms with Gasteiger partial charge in [-0.1, -0.05) is 31.4 Å². The van der Waals surface area contributed by atoms with Gasteiger partial charge in [-0.25, -0.2) is 0 Å². The smallest absolute Gasteiger partial charge is 0.185 e. The largest absolute Gasteiger partial charge is 0.497 e. The fraction of sp³-hybridized carbons (Fsp3) is 0.533. The van der Waals surface area contributed by atoms with Gasteiger partial charge in [0.1, 0.15) is 5.75 Å². The number of hydrogen-bond donors (Lipinski definition) is 2. The molecule has 0 heterocycles. The van der Waals surface area contributed by atoms with Crippen molar-refractivity contribution in [2.45, 2.75) is 37.5 Å². The third-order valence-electron chi connectivity index (χ3n) is 4.08. The number of rotatable bonds is 4. The summed E-state index contributed by atoms with van der Waals surface area (Å²) in [7, 11) is 1.69. The van der Waals surface area contributed by atoms with Gasteiger partial charge in [0.15, 0.2) is 5.96 Å². The molecule has 0 atom stereocenters. The van der Waals surface area contributed by atoms with Crippen LogP contribution in [-0.2, 0) is 5.41 Å². The molecule has 0 unspecified atom stereocenters. The van der Waals surface area contributed by atoms with Gasteiger partial charge in [0, 0.05) is 5.41 Å². The first-order chi connectivity index (χ1) is 9.16. The number of ether oxygens (including phenoxy) is 1. The number of nitrogens with zero attached hydrogens (tertiary/aromatic N) is 1. The second-order valence-electron chi connectivity index (χ2n) is 5.31. The molecule has 4 N–H and O–H groups in total. The second-order valence-corrected chi connectivity index (χ2v) is 5.31. The minimum absolute atomic E-state index is 0. The summed E-state index contributed by atoms with van der Waals surface area (Å²) in [5.41, 5.74) is 12.4. The van der Waals surface area contributed by atoms with E-state index in [0.717, 1.165) is 18.6 Å². The molecule has 0 saturated heterocycles. The molecule has 1 aliphatic rings. The Morgan fingerprint density at radius 3 is 2.25 bits per heavy atom. The lowest BCUT2D eigenvalue weighted by molar-refractivity contribution is 0.301. The van der Waals surface area contributed by atoms with Crippen LogP contribution in [0.1, 0.15) is 37.7 Å². The monoisotopic (exact) mass is 389 g/mol. The summed E-state index contributed by atoms with van der Waals surface area (Å²) in [5.74, 6) is 1.06. The number of hydrogen-bond acceptors (Lipinski definition) is 2. The van der Waals surface area contributed by atoms with Crippen LogP contribution in [0.15, 0.2) is 29.3 Å². The van der Waals surface area contributed by atoms with Crippen LogP contribution in [0.25, 0.3) is 0 Å². The van der Waals surface area contributed by atoms with Gasteiger partial charge >= 0.3 is 0 Å². The van der Waals surface area contributed by atoms with E-state index in [2.05, 4.69) is 17.1 Å². The fourth-order valence-electron chi connectivity index (χ4n) is 2.95. The first kappa shape index (κ1) is 17.1. The summed E-state index contributed by atoms with van der Waals surface area (Å²) in [5, 5.41) is 0. The molecule has 1 aromatic carbocycles. The maximum atomic E-state index is 5.50. The van der Waals surface area contributed by atoms with Gasteiger partial charge in [0.05, 0.1) is 13.7 Å². The average molecular weight is 389 g/mol. The van der Waals surface area contributed by atoms with E-state index >= 15 is 0 Å². The van der Waals surface area contributed by atoms with Crippen LogP contribution in [0.2, 0.25) is 0 Å². The second kappa shape index (κ2) is 7.71. The molecule has 2 rings (SSSR count). The molecular weight excluding hydrogens is 365 g/mol. The zero-order chi connectivity index (χ0) is 13.7. The van der Waals surface area contributed by atoms with Crippen LogP contribution >= 0.6 is 24.0 Å². The van der Waals surface area contributed by atoms with Gasteiger partial charge in [-0.15, -0.1) is 24.0 Å². The van der Waals surface area contributed by atoms with E-state index < -0.39 is 0 Å². The lowest BCUT2D eigenvalue weighted by Crippen LogP contribution is -2.34. The third-order valence-corrected chi connectivity index (χ3v) is 4.08. The van der Waals surface area contributed by atoms with E-state index in [1.807, 2.05) is 12.1 Å². The molecule has 0 radical (unpaired) electrons. The maximum absolute atomic E-state index is 5.50. The Morgan fingerprint density at radius 1 is 1.15 bits per heavy atom. The van der Waals surface area contributed by atoms with E-state index in [9.17, 15) is 0 Å². The Morgan fingerprint density at radius 2 is 1.75 bits per heavy atom. The van der Waals surface area contributed by atoms with Crippen molar-refractivity contribution in [2.24, 2.45) is 16.5 Å². The van der Waals surface area contributed by atoms with E-state index in [1.165, 1.54) is 24.8 Å². The minimum Gasteiger partial charge on any atom is -0.497 e. The Labute approximate surface area is 138 Å². The number of benzene rings is 1. The van der Waals surface area contributed by atoms with Gasteiger partial charge in [-0.05, 0) is 30.5 Å². The maximum Gasteiger partial charge on any atom is 0.185 e. The Hall–Kier alpha value is -0.980. The summed E-state index contributed by atoms with van der Waals surface area (Å²) < 4.78 is 5.22. The normalized spacial score (nSPS) is 16.9. The molecule has 5 heteroatoms. The predicted molar refractivity (Wildman–Crippen MR) is 93.8 cm³/mol. The quantitative estimate of drug-likeness (QED) is 0.473. The number of halogens is 1. The van der Waals surface area contributed by atoms with Crippen LogP contribution in [0.5, 0.6) is 5.75 Å². The van der Waals surface area contributed by atoms with E-state index in [1.54, 1.807) is 7.11 Å². The Kier molecular flexibility index (Phi) is 6.58. The summed E-state index contributed by atoms with van der Waals surface area (Å²) in [6.07, 6.45) is 6.09. The molecule has 1 fully saturated rings. The molecule has 4 nitrogen and oxygen atoms in total. The number of nitrogens with two attached hydrogens (primary N) is 2. The molecule has 1 aliphatic carbocycles. The van der Waals surface area contributed by atoms with Gasteiger partial charge in [-0.2, -0.15) is 0 Å². The minimum atomic E-state index is 0. The van der Waals surface area contributed by atoms with Crippen molar-refractivity contribution < 1.29 is 4.74 Å². The highest BCUT2D eigenvalue weighted by Crippen LogP contribution is 2.40. The van der Waals surface area contributed by atoms with Crippen LogP contribution in [0, 0.1) is 0 Å². The molecule has 112 valence electrons. The van der Waals surface area contributed by atoms with Gasteiger partial charge < -0.3 is 16.2 Å². The topological polar surface area (TPSA) is 73.6 Å². The van der Waals surface area contributed by atoms with Crippen molar-refractivity contribution in [1.29, 1.82) is 0 Å². The zero-order valence-corrected chi connectivity index (χ0v) is 14.3. The highest BCUT2D eigenvalue weighted by atomic mass is 127. The Bertz CT molecular complexity index is 435. The summed E-state index contributed by atoms with van der Waals surface area (Å²) in [6, 6.07) is 8.32. The molecule has 0 spiro atoms. The highest BCUT2D eigenvalue weighted by Gasteiger charge is 2.33. The van der Waals surface area contributed by atoms with Crippen molar-refractivity contribution >= 4 is 29.9 Å². The average Bonchev–Trinajstić information content (AvgIpc) is 2.46. The predicted octanol–water partition coefficient (Wildman–Crippen LogP) is 2.79. The van der Waals surface area contributed by atoms with E-state index in [-0.39, 0.29) is 35.4 Å². The molecule has 0 bridgehead atoms.